The average molecular weight is 431 g/mol. The van der Waals surface area contributed by atoms with E-state index in [0.29, 0.717) is 18.3 Å². The van der Waals surface area contributed by atoms with Crippen LogP contribution < -0.4 is 10.5 Å². The summed E-state index contributed by atoms with van der Waals surface area (Å²) in [5.74, 6) is 1.35. The van der Waals surface area contributed by atoms with Crippen LogP contribution >= 0.6 is 11.3 Å². The summed E-state index contributed by atoms with van der Waals surface area (Å²) < 4.78 is 6.27. The molecule has 0 spiro atoms. The molecule has 5 nitrogen and oxygen atoms in total. The van der Waals surface area contributed by atoms with Crippen LogP contribution in [0.3, 0.4) is 0 Å². The number of ether oxygens (including phenoxy) is 1. The summed E-state index contributed by atoms with van der Waals surface area (Å²) in [6.45, 7) is 0.444. The first kappa shape index (κ1) is 20.1. The van der Waals surface area contributed by atoms with Crippen LogP contribution in [-0.4, -0.2) is 27.6 Å². The van der Waals surface area contributed by atoms with Crippen LogP contribution in [0.1, 0.15) is 35.3 Å². The molecule has 0 saturated carbocycles. The first-order valence-corrected chi connectivity index (χ1v) is 11.7. The monoisotopic (exact) mass is 430 g/mol. The molecule has 1 aromatic carbocycles. The minimum atomic E-state index is -0.0518. The fourth-order valence-electron chi connectivity index (χ4n) is 4.12. The summed E-state index contributed by atoms with van der Waals surface area (Å²) >= 11 is 1.79. The molecular weight excluding hydrogens is 404 g/mol. The van der Waals surface area contributed by atoms with Gasteiger partial charge in [-0.25, -0.2) is 4.98 Å². The SMILES string of the molecule is N[C@H](CCc1ccccc1)COc1nc(-c2ccncc2)nc2sc3c(c12)CCCC3. The lowest BCUT2D eigenvalue weighted by atomic mass is 9.97. The number of aromatic nitrogens is 3. The Bertz CT molecular complexity index is 1160. The predicted molar refractivity (Wildman–Crippen MR) is 126 cm³/mol. The fourth-order valence-corrected chi connectivity index (χ4v) is 5.38. The molecule has 1 aliphatic carbocycles. The van der Waals surface area contributed by atoms with Gasteiger partial charge in [-0.15, -0.1) is 11.3 Å². The van der Waals surface area contributed by atoms with Crippen molar-refractivity contribution in [3.05, 3.63) is 70.9 Å². The zero-order chi connectivity index (χ0) is 21.0. The van der Waals surface area contributed by atoms with Gasteiger partial charge in [-0.05, 0) is 61.8 Å². The largest absolute Gasteiger partial charge is 0.475 e. The minimum absolute atomic E-state index is 0.0518. The van der Waals surface area contributed by atoms with E-state index in [1.165, 1.54) is 28.8 Å². The molecule has 0 aliphatic heterocycles. The van der Waals surface area contributed by atoms with E-state index >= 15 is 0 Å². The average Bonchev–Trinajstić information content (AvgIpc) is 3.21. The van der Waals surface area contributed by atoms with Crippen molar-refractivity contribution in [1.82, 2.24) is 15.0 Å². The second kappa shape index (κ2) is 9.12. The molecule has 158 valence electrons. The van der Waals surface area contributed by atoms with Crippen molar-refractivity contribution in [2.75, 3.05) is 6.61 Å². The Balaban J connectivity index is 1.41. The van der Waals surface area contributed by atoms with Gasteiger partial charge in [-0.2, -0.15) is 4.98 Å². The van der Waals surface area contributed by atoms with Crippen molar-refractivity contribution in [2.45, 2.75) is 44.6 Å². The van der Waals surface area contributed by atoms with Crippen molar-refractivity contribution >= 4 is 21.6 Å². The second-order valence-electron chi connectivity index (χ2n) is 8.07. The van der Waals surface area contributed by atoms with E-state index in [1.807, 2.05) is 18.2 Å². The molecule has 6 heteroatoms. The molecular formula is C25H26N4OS. The molecule has 0 saturated heterocycles. The van der Waals surface area contributed by atoms with Gasteiger partial charge in [0.05, 0.1) is 5.39 Å². The first-order chi connectivity index (χ1) is 15.3. The van der Waals surface area contributed by atoms with Crippen LogP contribution in [-0.2, 0) is 19.3 Å². The molecule has 0 radical (unpaired) electrons. The lowest BCUT2D eigenvalue weighted by molar-refractivity contribution is 0.275. The molecule has 3 aromatic heterocycles. The zero-order valence-corrected chi connectivity index (χ0v) is 18.3. The Morgan fingerprint density at radius 2 is 1.81 bits per heavy atom. The van der Waals surface area contributed by atoms with Gasteiger partial charge in [0.1, 0.15) is 11.4 Å². The normalized spacial score (nSPS) is 14.4. The summed E-state index contributed by atoms with van der Waals surface area (Å²) in [6.07, 6.45) is 10.00. The van der Waals surface area contributed by atoms with Crippen LogP contribution in [0, 0.1) is 0 Å². The molecule has 0 bridgehead atoms. The minimum Gasteiger partial charge on any atom is -0.475 e. The number of nitrogens with zero attached hydrogens (tertiary/aromatic N) is 3. The van der Waals surface area contributed by atoms with E-state index in [-0.39, 0.29) is 6.04 Å². The molecule has 31 heavy (non-hydrogen) atoms. The van der Waals surface area contributed by atoms with Crippen molar-refractivity contribution in [1.29, 1.82) is 0 Å². The predicted octanol–water partition coefficient (Wildman–Crippen LogP) is 4.97. The first-order valence-electron chi connectivity index (χ1n) is 10.9. The number of rotatable bonds is 7. The Morgan fingerprint density at radius 3 is 2.65 bits per heavy atom. The van der Waals surface area contributed by atoms with Crippen LogP contribution in [0.2, 0.25) is 0 Å². The highest BCUT2D eigenvalue weighted by molar-refractivity contribution is 7.18. The number of aryl methyl sites for hydroxylation is 3. The van der Waals surface area contributed by atoms with E-state index in [9.17, 15) is 0 Å². The van der Waals surface area contributed by atoms with Crippen molar-refractivity contribution in [2.24, 2.45) is 5.73 Å². The third-order valence-electron chi connectivity index (χ3n) is 5.80. The number of fused-ring (bicyclic) bond motifs is 3. The van der Waals surface area contributed by atoms with Gasteiger partial charge < -0.3 is 10.5 Å². The van der Waals surface area contributed by atoms with Gasteiger partial charge in [-0.3, -0.25) is 4.98 Å². The number of hydrogen-bond donors (Lipinski definition) is 1. The van der Waals surface area contributed by atoms with Gasteiger partial charge in [-0.1, -0.05) is 30.3 Å². The van der Waals surface area contributed by atoms with Crippen LogP contribution in [0.4, 0.5) is 0 Å². The summed E-state index contributed by atoms with van der Waals surface area (Å²) in [6, 6.07) is 14.3. The van der Waals surface area contributed by atoms with Gasteiger partial charge in [0.15, 0.2) is 5.82 Å². The van der Waals surface area contributed by atoms with E-state index in [2.05, 4.69) is 29.2 Å². The molecule has 1 aliphatic rings. The Kier molecular flexibility index (Phi) is 5.91. The highest BCUT2D eigenvalue weighted by Gasteiger charge is 2.22. The quantitative estimate of drug-likeness (QED) is 0.448. The third kappa shape index (κ3) is 4.45. The molecule has 2 N–H and O–H groups in total. The zero-order valence-electron chi connectivity index (χ0n) is 17.5. The van der Waals surface area contributed by atoms with Gasteiger partial charge in [0.25, 0.3) is 0 Å². The van der Waals surface area contributed by atoms with Crippen molar-refractivity contribution in [3.8, 4) is 17.3 Å². The van der Waals surface area contributed by atoms with E-state index in [4.69, 9.17) is 20.4 Å². The standard InChI is InChI=1S/C25H26N4OS/c26-19(11-10-17-6-2-1-3-7-17)16-30-24-22-20-8-4-5-9-21(20)31-25(22)29-23(28-24)18-12-14-27-15-13-18/h1-3,6-7,12-15,19H,4-5,8-11,16,26H2/t19-/m1/s1. The van der Waals surface area contributed by atoms with Gasteiger partial charge in [0, 0.05) is 28.9 Å². The maximum absolute atomic E-state index is 6.40. The molecule has 4 aromatic rings. The maximum atomic E-state index is 6.40. The lowest BCUT2D eigenvalue weighted by Crippen LogP contribution is -2.28. The summed E-state index contributed by atoms with van der Waals surface area (Å²) in [7, 11) is 0. The molecule has 3 heterocycles. The van der Waals surface area contributed by atoms with Gasteiger partial charge in [0.2, 0.25) is 5.88 Å². The summed E-state index contributed by atoms with van der Waals surface area (Å²) in [5, 5.41) is 1.09. The number of thiophene rings is 1. The van der Waals surface area contributed by atoms with Crippen LogP contribution in [0.5, 0.6) is 5.88 Å². The molecule has 1 atom stereocenters. The Labute approximate surface area is 186 Å². The number of hydrogen-bond acceptors (Lipinski definition) is 6. The highest BCUT2D eigenvalue weighted by Crippen LogP contribution is 2.40. The summed E-state index contributed by atoms with van der Waals surface area (Å²) in [4.78, 5) is 16.3. The Morgan fingerprint density at radius 1 is 1.00 bits per heavy atom. The van der Waals surface area contributed by atoms with E-state index in [0.717, 1.165) is 41.5 Å². The molecule has 0 unspecified atom stereocenters. The molecule has 0 fully saturated rings. The molecule has 0 amide bonds. The number of nitrogens with two attached hydrogens (primary N) is 1. The maximum Gasteiger partial charge on any atom is 0.226 e. The number of benzene rings is 1. The van der Waals surface area contributed by atoms with Crippen molar-refractivity contribution < 1.29 is 4.74 Å². The van der Waals surface area contributed by atoms with Gasteiger partial charge >= 0.3 is 0 Å². The van der Waals surface area contributed by atoms with Crippen LogP contribution in [0.15, 0.2) is 54.9 Å². The number of pyridine rings is 1. The fraction of sp³-hybridized carbons (Fsp3) is 0.320. The third-order valence-corrected chi connectivity index (χ3v) is 6.99. The van der Waals surface area contributed by atoms with Crippen LogP contribution in [0.25, 0.3) is 21.6 Å². The lowest BCUT2D eigenvalue weighted by Gasteiger charge is -2.15. The van der Waals surface area contributed by atoms with E-state index in [1.54, 1.807) is 23.7 Å². The second-order valence-corrected chi connectivity index (χ2v) is 9.16. The van der Waals surface area contributed by atoms with E-state index < -0.39 is 0 Å². The topological polar surface area (TPSA) is 73.9 Å². The highest BCUT2D eigenvalue weighted by atomic mass is 32.1. The molecule has 5 rings (SSSR count). The smallest absolute Gasteiger partial charge is 0.226 e. The Hall–Kier alpha value is -2.83. The summed E-state index contributed by atoms with van der Waals surface area (Å²) in [5.41, 5.74) is 10.0. The van der Waals surface area contributed by atoms with Crippen molar-refractivity contribution in [3.63, 3.8) is 0 Å².